The lowest BCUT2D eigenvalue weighted by Crippen LogP contribution is -2.56. The van der Waals surface area contributed by atoms with Gasteiger partial charge in [0.1, 0.15) is 11.4 Å². The minimum atomic E-state index is -1.01. The molecule has 1 atom stereocenters. The Hall–Kier alpha value is -1.40. The summed E-state index contributed by atoms with van der Waals surface area (Å²) >= 11 is 0. The first-order valence-corrected chi connectivity index (χ1v) is 5.06. The van der Waals surface area contributed by atoms with Gasteiger partial charge in [-0.15, -0.1) is 0 Å². The number of hydrogen-bond acceptors (Lipinski definition) is 4. The lowest BCUT2D eigenvalue weighted by atomic mass is 10.0. The van der Waals surface area contributed by atoms with E-state index in [1.54, 1.807) is 13.1 Å². The quantitative estimate of drug-likeness (QED) is 0.676. The number of likely N-dealkylation sites (N-methyl/N-ethyl adjacent to an activating group) is 1. The van der Waals surface area contributed by atoms with E-state index in [0.29, 0.717) is 13.1 Å². The van der Waals surface area contributed by atoms with Gasteiger partial charge in [0.05, 0.1) is 6.54 Å². The zero-order valence-corrected chi connectivity index (χ0v) is 9.97. The second-order valence-corrected chi connectivity index (χ2v) is 4.41. The smallest absolute Gasteiger partial charge is 0.238 e. The molecular formula is C10H19N5O. The summed E-state index contributed by atoms with van der Waals surface area (Å²) in [6, 6.07) is 0. The van der Waals surface area contributed by atoms with Crippen molar-refractivity contribution in [2.24, 2.45) is 18.5 Å². The molecule has 0 radical (unpaired) electrons. The van der Waals surface area contributed by atoms with Crippen molar-refractivity contribution in [3.63, 3.8) is 0 Å². The first kappa shape index (κ1) is 12.7. The minimum Gasteiger partial charge on any atom is -0.368 e. The third-order valence-electron chi connectivity index (χ3n) is 2.49. The monoisotopic (exact) mass is 225 g/mol. The van der Waals surface area contributed by atoms with Crippen LogP contribution in [0.15, 0.2) is 12.4 Å². The fraction of sp³-hybridized carbons (Fsp3) is 0.600. The van der Waals surface area contributed by atoms with E-state index in [1.165, 1.54) is 0 Å². The molecule has 0 spiro atoms. The molecule has 1 rings (SSSR count). The molecule has 1 aromatic rings. The van der Waals surface area contributed by atoms with Crippen molar-refractivity contribution in [2.75, 3.05) is 13.6 Å². The molecule has 0 aliphatic carbocycles. The SMILES string of the molecule is CN(Cc1nccn1C)CC(C)(N)C(N)=O. The first-order valence-electron chi connectivity index (χ1n) is 5.06. The zero-order chi connectivity index (χ0) is 12.3. The molecule has 6 nitrogen and oxygen atoms in total. The average Bonchev–Trinajstić information content (AvgIpc) is 2.50. The molecular weight excluding hydrogens is 206 g/mol. The van der Waals surface area contributed by atoms with Crippen molar-refractivity contribution in [3.8, 4) is 0 Å². The number of carbonyl (C=O) groups excluding carboxylic acids is 1. The maximum Gasteiger partial charge on any atom is 0.238 e. The Morgan fingerprint density at radius 2 is 2.31 bits per heavy atom. The number of primary amides is 1. The van der Waals surface area contributed by atoms with Crippen LogP contribution in [-0.4, -0.2) is 39.5 Å². The van der Waals surface area contributed by atoms with Crippen molar-refractivity contribution < 1.29 is 4.79 Å². The number of nitrogens with zero attached hydrogens (tertiary/aromatic N) is 3. The van der Waals surface area contributed by atoms with Gasteiger partial charge < -0.3 is 16.0 Å². The van der Waals surface area contributed by atoms with Crippen LogP contribution in [0.4, 0.5) is 0 Å². The topological polar surface area (TPSA) is 90.2 Å². The van der Waals surface area contributed by atoms with Crippen LogP contribution in [0.1, 0.15) is 12.7 Å². The molecule has 0 aliphatic heterocycles. The minimum absolute atomic E-state index is 0.398. The molecule has 90 valence electrons. The van der Waals surface area contributed by atoms with Crippen LogP contribution in [-0.2, 0) is 18.4 Å². The molecule has 16 heavy (non-hydrogen) atoms. The molecule has 0 aromatic carbocycles. The molecule has 1 heterocycles. The van der Waals surface area contributed by atoms with Gasteiger partial charge in [0.25, 0.3) is 0 Å². The number of carbonyl (C=O) groups is 1. The number of imidazole rings is 1. The van der Waals surface area contributed by atoms with E-state index in [0.717, 1.165) is 5.82 Å². The molecule has 4 N–H and O–H groups in total. The maximum absolute atomic E-state index is 11.1. The van der Waals surface area contributed by atoms with Gasteiger partial charge in [0.2, 0.25) is 5.91 Å². The first-order chi connectivity index (χ1) is 7.33. The number of hydrogen-bond donors (Lipinski definition) is 2. The van der Waals surface area contributed by atoms with Gasteiger partial charge >= 0.3 is 0 Å². The van der Waals surface area contributed by atoms with Crippen molar-refractivity contribution in [1.29, 1.82) is 0 Å². The number of nitrogens with two attached hydrogens (primary N) is 2. The van der Waals surface area contributed by atoms with Gasteiger partial charge in [-0.25, -0.2) is 4.98 Å². The summed E-state index contributed by atoms with van der Waals surface area (Å²) in [6.07, 6.45) is 3.61. The Bertz CT molecular complexity index is 371. The normalized spacial score (nSPS) is 15.1. The Morgan fingerprint density at radius 1 is 1.69 bits per heavy atom. The summed E-state index contributed by atoms with van der Waals surface area (Å²) in [5.74, 6) is 0.418. The number of aromatic nitrogens is 2. The molecule has 1 unspecified atom stereocenters. The van der Waals surface area contributed by atoms with Gasteiger partial charge in [0.15, 0.2) is 0 Å². The summed E-state index contributed by atoms with van der Waals surface area (Å²) < 4.78 is 1.93. The van der Waals surface area contributed by atoms with Crippen molar-refractivity contribution in [2.45, 2.75) is 19.0 Å². The number of rotatable bonds is 5. The summed E-state index contributed by atoms with van der Waals surface area (Å²) in [5.41, 5.74) is 9.98. The van der Waals surface area contributed by atoms with Crippen LogP contribution < -0.4 is 11.5 Å². The third-order valence-corrected chi connectivity index (χ3v) is 2.49. The van der Waals surface area contributed by atoms with Crippen molar-refractivity contribution in [3.05, 3.63) is 18.2 Å². The van der Waals surface area contributed by atoms with Crippen LogP contribution >= 0.6 is 0 Å². The summed E-state index contributed by atoms with van der Waals surface area (Å²) in [5, 5.41) is 0. The fourth-order valence-corrected chi connectivity index (χ4v) is 1.48. The summed E-state index contributed by atoms with van der Waals surface area (Å²) in [7, 11) is 3.80. The fourth-order valence-electron chi connectivity index (χ4n) is 1.48. The van der Waals surface area contributed by atoms with E-state index in [4.69, 9.17) is 11.5 Å². The Labute approximate surface area is 95.2 Å². The zero-order valence-electron chi connectivity index (χ0n) is 9.97. The Balaban J connectivity index is 2.58. The third kappa shape index (κ3) is 3.04. The van der Waals surface area contributed by atoms with E-state index in [1.807, 2.05) is 29.8 Å². The lowest BCUT2D eigenvalue weighted by molar-refractivity contribution is -0.123. The number of aryl methyl sites for hydroxylation is 1. The maximum atomic E-state index is 11.1. The van der Waals surface area contributed by atoms with Crippen LogP contribution in [0.5, 0.6) is 0 Å². The van der Waals surface area contributed by atoms with Crippen molar-refractivity contribution >= 4 is 5.91 Å². The highest BCUT2D eigenvalue weighted by Crippen LogP contribution is 2.05. The summed E-state index contributed by atoms with van der Waals surface area (Å²) in [4.78, 5) is 17.2. The predicted molar refractivity (Wildman–Crippen MR) is 61.3 cm³/mol. The van der Waals surface area contributed by atoms with Gasteiger partial charge in [-0.05, 0) is 14.0 Å². The second kappa shape index (κ2) is 4.63. The average molecular weight is 225 g/mol. The van der Waals surface area contributed by atoms with E-state index < -0.39 is 11.4 Å². The van der Waals surface area contributed by atoms with E-state index in [9.17, 15) is 4.79 Å². The Kier molecular flexibility index (Phi) is 3.66. The number of amides is 1. The van der Waals surface area contributed by atoms with Gasteiger partial charge in [0, 0.05) is 26.0 Å². The van der Waals surface area contributed by atoms with E-state index >= 15 is 0 Å². The van der Waals surface area contributed by atoms with Gasteiger partial charge in [-0.3, -0.25) is 9.69 Å². The highest BCUT2D eigenvalue weighted by Gasteiger charge is 2.27. The van der Waals surface area contributed by atoms with E-state index in [2.05, 4.69) is 4.98 Å². The van der Waals surface area contributed by atoms with Crippen LogP contribution in [0, 0.1) is 0 Å². The largest absolute Gasteiger partial charge is 0.368 e. The highest BCUT2D eigenvalue weighted by molar-refractivity contribution is 5.84. The van der Waals surface area contributed by atoms with Crippen LogP contribution in [0.25, 0.3) is 0 Å². The summed E-state index contributed by atoms with van der Waals surface area (Å²) in [6.45, 7) is 2.66. The molecule has 6 heteroatoms. The molecule has 0 fully saturated rings. The lowest BCUT2D eigenvalue weighted by Gasteiger charge is -2.26. The second-order valence-electron chi connectivity index (χ2n) is 4.41. The van der Waals surface area contributed by atoms with E-state index in [-0.39, 0.29) is 0 Å². The molecule has 0 saturated heterocycles. The van der Waals surface area contributed by atoms with Crippen LogP contribution in [0.3, 0.4) is 0 Å². The molecule has 0 aliphatic rings. The molecule has 0 bridgehead atoms. The predicted octanol–water partition coefficient (Wildman–Crippen LogP) is -0.945. The van der Waals surface area contributed by atoms with Gasteiger partial charge in [-0.1, -0.05) is 0 Å². The Morgan fingerprint density at radius 3 is 2.75 bits per heavy atom. The standard InChI is InChI=1S/C10H19N5O/c1-10(12,9(11)16)7-14(2)6-8-13-4-5-15(8)3/h4-5H,6-7,12H2,1-3H3,(H2,11,16). The van der Waals surface area contributed by atoms with Gasteiger partial charge in [-0.2, -0.15) is 0 Å². The van der Waals surface area contributed by atoms with Crippen molar-refractivity contribution in [1.82, 2.24) is 14.5 Å². The molecule has 0 saturated carbocycles. The molecule has 1 aromatic heterocycles. The van der Waals surface area contributed by atoms with Crippen LogP contribution in [0.2, 0.25) is 0 Å². The molecule has 1 amide bonds. The highest BCUT2D eigenvalue weighted by atomic mass is 16.1.